The Morgan fingerprint density at radius 3 is 2.45 bits per heavy atom. The van der Waals surface area contributed by atoms with Crippen molar-refractivity contribution in [1.82, 2.24) is 14.8 Å². The normalized spacial score (nSPS) is 10.9. The zero-order chi connectivity index (χ0) is 20.5. The first kappa shape index (κ1) is 18.9. The maximum Gasteiger partial charge on any atom is 0.263 e. The van der Waals surface area contributed by atoms with E-state index in [9.17, 15) is 18.0 Å². The largest absolute Gasteiger partial charge is 0.298 e. The second-order valence-electron chi connectivity index (χ2n) is 6.10. The third-order valence-electron chi connectivity index (χ3n) is 4.20. The summed E-state index contributed by atoms with van der Waals surface area (Å²) in [6.07, 6.45) is 1.50. The summed E-state index contributed by atoms with van der Waals surface area (Å²) in [5, 5.41) is 6.89. The molecule has 0 atom stereocenters. The monoisotopic (exact) mass is 414 g/mol. The van der Waals surface area contributed by atoms with Gasteiger partial charge in [0.15, 0.2) is 5.13 Å². The molecule has 4 rings (SSSR count). The van der Waals surface area contributed by atoms with Gasteiger partial charge in [0.1, 0.15) is 23.0 Å². The molecule has 9 heteroatoms. The fraction of sp³-hybridized carbons (Fsp3) is 0.0500. The second kappa shape index (κ2) is 7.51. The van der Waals surface area contributed by atoms with Crippen molar-refractivity contribution in [3.63, 3.8) is 0 Å². The Morgan fingerprint density at radius 1 is 1.03 bits per heavy atom. The highest BCUT2D eigenvalue weighted by Gasteiger charge is 2.19. The van der Waals surface area contributed by atoms with Crippen LogP contribution in [0.4, 0.5) is 18.3 Å². The van der Waals surface area contributed by atoms with Crippen molar-refractivity contribution in [2.45, 2.75) is 0 Å². The number of hydrogen-bond acceptors (Lipinski definition) is 4. The first-order valence-electron chi connectivity index (χ1n) is 8.44. The van der Waals surface area contributed by atoms with E-state index >= 15 is 0 Å². The van der Waals surface area contributed by atoms with Gasteiger partial charge < -0.3 is 0 Å². The van der Waals surface area contributed by atoms with E-state index < -0.39 is 23.1 Å². The molecule has 0 aliphatic carbocycles. The van der Waals surface area contributed by atoms with Crippen molar-refractivity contribution in [2.75, 3.05) is 5.32 Å². The molecule has 0 bridgehead atoms. The number of halogens is 3. The van der Waals surface area contributed by atoms with Gasteiger partial charge in [-0.2, -0.15) is 5.10 Å². The molecule has 0 saturated carbocycles. The molecule has 1 amide bonds. The molecule has 5 nitrogen and oxygen atoms in total. The van der Waals surface area contributed by atoms with Gasteiger partial charge in [-0.25, -0.2) is 18.2 Å². The van der Waals surface area contributed by atoms with Crippen molar-refractivity contribution >= 4 is 22.4 Å². The van der Waals surface area contributed by atoms with Crippen LogP contribution in [0, 0.1) is 17.5 Å². The van der Waals surface area contributed by atoms with Crippen LogP contribution in [0.1, 0.15) is 10.4 Å². The lowest BCUT2D eigenvalue weighted by atomic mass is 10.1. The van der Waals surface area contributed by atoms with Crippen LogP contribution < -0.4 is 5.32 Å². The molecule has 0 spiro atoms. The number of rotatable bonds is 4. The molecule has 2 heterocycles. The molecule has 146 valence electrons. The van der Waals surface area contributed by atoms with Crippen LogP contribution in [0.3, 0.4) is 0 Å². The van der Waals surface area contributed by atoms with Gasteiger partial charge in [0.25, 0.3) is 5.91 Å². The number of carbonyl (C=O) groups excluding carboxylic acids is 1. The van der Waals surface area contributed by atoms with Crippen molar-refractivity contribution in [2.24, 2.45) is 7.05 Å². The molecule has 0 saturated heterocycles. The van der Waals surface area contributed by atoms with Crippen molar-refractivity contribution in [1.29, 1.82) is 0 Å². The third kappa shape index (κ3) is 3.64. The Kier molecular flexibility index (Phi) is 4.89. The number of hydrogen-bond donors (Lipinski definition) is 1. The number of nitrogens with zero attached hydrogens (tertiary/aromatic N) is 3. The Morgan fingerprint density at radius 2 is 1.72 bits per heavy atom. The van der Waals surface area contributed by atoms with Crippen LogP contribution in [0.2, 0.25) is 0 Å². The quantitative estimate of drug-likeness (QED) is 0.518. The average molecular weight is 414 g/mol. The van der Waals surface area contributed by atoms with Gasteiger partial charge in [0, 0.05) is 18.8 Å². The van der Waals surface area contributed by atoms with E-state index in [0.717, 1.165) is 23.5 Å². The number of aromatic nitrogens is 3. The zero-order valence-electron chi connectivity index (χ0n) is 15.0. The lowest BCUT2D eigenvalue weighted by Crippen LogP contribution is -2.15. The predicted molar refractivity (Wildman–Crippen MR) is 104 cm³/mol. The summed E-state index contributed by atoms with van der Waals surface area (Å²) < 4.78 is 43.1. The van der Waals surface area contributed by atoms with Crippen LogP contribution in [0.25, 0.3) is 21.8 Å². The summed E-state index contributed by atoms with van der Waals surface area (Å²) in [4.78, 5) is 16.9. The van der Waals surface area contributed by atoms with Gasteiger partial charge in [-0.15, -0.1) is 0 Å². The summed E-state index contributed by atoms with van der Waals surface area (Å²) >= 11 is 1.11. The molecular weight excluding hydrogens is 401 g/mol. The Balaban J connectivity index is 1.60. The molecule has 29 heavy (non-hydrogen) atoms. The van der Waals surface area contributed by atoms with Crippen molar-refractivity contribution in [3.8, 4) is 21.8 Å². The number of anilines is 1. The van der Waals surface area contributed by atoms with E-state index in [1.807, 2.05) is 0 Å². The Labute approximate surface area is 167 Å². The van der Waals surface area contributed by atoms with E-state index in [1.165, 1.54) is 18.3 Å². The number of amides is 1. The summed E-state index contributed by atoms with van der Waals surface area (Å²) in [5.41, 5.74) is 0.792. The Bertz CT molecular complexity index is 1200. The SMILES string of the molecule is Cn1nc(-c2ccccc2F)cc1-c1cnc(NC(=O)c2c(F)cccc2F)s1. The Hall–Kier alpha value is -3.46. The van der Waals surface area contributed by atoms with Gasteiger partial charge >= 0.3 is 0 Å². The molecule has 2 aromatic carbocycles. The highest BCUT2D eigenvalue weighted by atomic mass is 32.1. The smallest absolute Gasteiger partial charge is 0.263 e. The van der Waals surface area contributed by atoms with Gasteiger partial charge in [-0.3, -0.25) is 14.8 Å². The predicted octanol–water partition coefficient (Wildman–Crippen LogP) is 4.88. The van der Waals surface area contributed by atoms with Crippen molar-refractivity contribution < 1.29 is 18.0 Å². The number of aryl methyl sites for hydroxylation is 1. The second-order valence-corrected chi connectivity index (χ2v) is 7.13. The van der Waals surface area contributed by atoms with Crippen LogP contribution in [0.5, 0.6) is 0 Å². The molecule has 1 N–H and O–H groups in total. The van der Waals surface area contributed by atoms with Crippen molar-refractivity contribution in [3.05, 3.63) is 77.7 Å². The van der Waals surface area contributed by atoms with E-state index in [2.05, 4.69) is 15.4 Å². The van der Waals surface area contributed by atoms with Gasteiger partial charge in [-0.05, 0) is 30.3 Å². The topological polar surface area (TPSA) is 59.8 Å². The average Bonchev–Trinajstić information content (AvgIpc) is 3.28. The fourth-order valence-electron chi connectivity index (χ4n) is 2.82. The molecule has 0 aliphatic rings. The minimum absolute atomic E-state index is 0.168. The fourth-order valence-corrected chi connectivity index (χ4v) is 3.68. The van der Waals surface area contributed by atoms with Crippen LogP contribution >= 0.6 is 11.3 Å². The highest BCUT2D eigenvalue weighted by molar-refractivity contribution is 7.19. The first-order chi connectivity index (χ1) is 13.9. The van der Waals surface area contributed by atoms with Crippen LogP contribution in [-0.4, -0.2) is 20.7 Å². The first-order valence-corrected chi connectivity index (χ1v) is 9.26. The number of benzene rings is 2. The van der Waals surface area contributed by atoms with E-state index in [0.29, 0.717) is 21.8 Å². The van der Waals surface area contributed by atoms with Crippen LogP contribution in [0.15, 0.2) is 54.7 Å². The van der Waals surface area contributed by atoms with Gasteiger partial charge in [-0.1, -0.05) is 29.5 Å². The van der Waals surface area contributed by atoms with E-state index in [4.69, 9.17) is 0 Å². The van der Waals surface area contributed by atoms with Crippen LogP contribution in [-0.2, 0) is 7.05 Å². The molecule has 4 aromatic rings. The summed E-state index contributed by atoms with van der Waals surface area (Å²) in [7, 11) is 1.70. The molecule has 0 unspecified atom stereocenters. The minimum Gasteiger partial charge on any atom is -0.298 e. The summed E-state index contributed by atoms with van der Waals surface area (Å²) in [6.45, 7) is 0. The van der Waals surface area contributed by atoms with Gasteiger partial charge in [0.2, 0.25) is 0 Å². The molecule has 0 aliphatic heterocycles. The molecule has 0 fully saturated rings. The third-order valence-corrected chi connectivity index (χ3v) is 5.13. The zero-order valence-corrected chi connectivity index (χ0v) is 15.8. The van der Waals surface area contributed by atoms with E-state index in [-0.39, 0.29) is 10.9 Å². The lowest BCUT2D eigenvalue weighted by Gasteiger charge is -2.04. The molecular formula is C20H13F3N4OS. The standard InChI is InChI=1S/C20H13F3N4OS/c1-27-16(9-15(26-27)11-5-2-3-6-12(11)21)17-10-24-20(29-17)25-19(28)18-13(22)7-4-8-14(18)23/h2-10H,1H3,(H,24,25,28). The molecule has 0 radical (unpaired) electrons. The number of carbonyl (C=O) groups is 1. The number of nitrogens with one attached hydrogen (secondary N) is 1. The van der Waals surface area contributed by atoms with E-state index in [1.54, 1.807) is 36.0 Å². The molecule has 2 aromatic heterocycles. The minimum atomic E-state index is -0.958. The summed E-state index contributed by atoms with van der Waals surface area (Å²) in [5.74, 6) is -3.24. The number of thiazole rings is 1. The maximum absolute atomic E-state index is 14.0. The van der Waals surface area contributed by atoms with Gasteiger partial charge in [0.05, 0.1) is 16.3 Å². The maximum atomic E-state index is 14.0. The highest BCUT2D eigenvalue weighted by Crippen LogP contribution is 2.32. The summed E-state index contributed by atoms with van der Waals surface area (Å²) in [6, 6.07) is 11.2. The lowest BCUT2D eigenvalue weighted by molar-refractivity contribution is 0.101.